The van der Waals surface area contributed by atoms with E-state index >= 15 is 0 Å². The van der Waals surface area contributed by atoms with Gasteiger partial charge in [-0.3, -0.25) is 55.0 Å². The molecule has 0 bridgehead atoms. The van der Waals surface area contributed by atoms with Crippen LogP contribution in [0.1, 0.15) is 135 Å². The van der Waals surface area contributed by atoms with Crippen molar-refractivity contribution in [2.24, 2.45) is 14.1 Å². The van der Waals surface area contributed by atoms with Crippen LogP contribution in [0.2, 0.25) is 0 Å². The van der Waals surface area contributed by atoms with Gasteiger partial charge in [-0.25, -0.2) is 29.5 Å². The number of imidazole rings is 2. The molecule has 0 aliphatic heterocycles. The molecule has 0 radical (unpaired) electrons. The number of hydrogen-bond donors (Lipinski definition) is 7. The number of ether oxygens (including phenoxy) is 4. The third-order valence-electron chi connectivity index (χ3n) is 14.6. The van der Waals surface area contributed by atoms with Crippen molar-refractivity contribution in [3.8, 4) is 0 Å². The summed E-state index contributed by atoms with van der Waals surface area (Å²) in [5.74, 6) is 0.966. The molecule has 524 valence electrons. The molecule has 0 aliphatic rings. The summed E-state index contributed by atoms with van der Waals surface area (Å²) >= 11 is 0. The quantitative estimate of drug-likeness (QED) is 0.00549. The van der Waals surface area contributed by atoms with Gasteiger partial charge in [-0.1, -0.05) is 64.5 Å². The number of pyridine rings is 2. The molecule has 0 saturated carbocycles. The summed E-state index contributed by atoms with van der Waals surface area (Å²) in [4.78, 5) is 96.4. The van der Waals surface area contributed by atoms with E-state index in [-0.39, 0.29) is 80.0 Å². The average molecular weight is 1370 g/mol. The largest absolute Gasteiger partial charge is 0.466 e. The van der Waals surface area contributed by atoms with Crippen molar-refractivity contribution in [3.05, 3.63) is 168 Å². The number of fused-ring (bicyclic) bond motifs is 2. The van der Waals surface area contributed by atoms with E-state index in [1.165, 1.54) is 9.80 Å². The molecular weight excluding hydrogens is 1280 g/mol. The molecule has 0 atom stereocenters. The number of amidine groups is 2. The zero-order valence-electron chi connectivity index (χ0n) is 56.3. The van der Waals surface area contributed by atoms with Crippen LogP contribution in [0.4, 0.5) is 32.6 Å². The first kappa shape index (κ1) is 78.0. The number of rotatable bonds is 30. The molecule has 28 nitrogen and oxygen atoms in total. The summed E-state index contributed by atoms with van der Waals surface area (Å²) in [5.41, 5.74) is 6.60. The SMILES string of the molecule is CCCCCCOC(=O)NC(=N)c1ccc(NCc2nc3cc(C(=O)N(CCC(=O)OCC)c4ccccn4)ccc3n2C)cc1.CCCCCCOC(=O)NC(=N)c1ccc(NCc2nc3cc(C(=O)N(CCC(=O)OCC)c4ccccn4)ccc3n2C)cc1.CS(=O)(=O)O.O. The highest BCUT2D eigenvalue weighted by atomic mass is 32.2. The first-order chi connectivity index (χ1) is 46.6. The van der Waals surface area contributed by atoms with Gasteiger partial charge in [0.2, 0.25) is 0 Å². The zero-order valence-corrected chi connectivity index (χ0v) is 57.1. The maximum absolute atomic E-state index is 13.6. The molecule has 0 spiro atoms. The fourth-order valence-electron chi connectivity index (χ4n) is 9.61. The van der Waals surface area contributed by atoms with Gasteiger partial charge in [0, 0.05) is 73.2 Å². The van der Waals surface area contributed by atoms with Crippen LogP contribution in [0.25, 0.3) is 22.1 Å². The van der Waals surface area contributed by atoms with Crippen LogP contribution in [0.5, 0.6) is 0 Å². The molecule has 0 saturated heterocycles. The monoisotopic (exact) mass is 1370 g/mol. The third-order valence-corrected chi connectivity index (χ3v) is 14.6. The number of anilines is 4. The lowest BCUT2D eigenvalue weighted by molar-refractivity contribution is -0.143. The summed E-state index contributed by atoms with van der Waals surface area (Å²) < 4.78 is 50.2. The van der Waals surface area contributed by atoms with E-state index < -0.39 is 22.3 Å². The lowest BCUT2D eigenvalue weighted by Gasteiger charge is -2.21. The highest BCUT2D eigenvalue weighted by molar-refractivity contribution is 7.85. The molecule has 4 aromatic carbocycles. The Hall–Kier alpha value is -10.7. The molecule has 8 rings (SSSR count). The van der Waals surface area contributed by atoms with Crippen molar-refractivity contribution in [1.82, 2.24) is 39.7 Å². The van der Waals surface area contributed by atoms with Crippen molar-refractivity contribution in [3.63, 3.8) is 0 Å². The first-order valence-electron chi connectivity index (χ1n) is 31.9. The van der Waals surface area contributed by atoms with Gasteiger partial charge < -0.3 is 44.2 Å². The Bertz CT molecular complexity index is 3790. The minimum Gasteiger partial charge on any atom is -0.466 e. The number of aromatic nitrogens is 6. The number of esters is 2. The van der Waals surface area contributed by atoms with Crippen LogP contribution in [0.15, 0.2) is 134 Å². The van der Waals surface area contributed by atoms with Gasteiger partial charge in [-0.2, -0.15) is 8.42 Å². The molecule has 8 aromatic rings. The minimum atomic E-state index is -3.67. The molecule has 4 heterocycles. The lowest BCUT2D eigenvalue weighted by atomic mass is 10.1. The van der Waals surface area contributed by atoms with Gasteiger partial charge in [-0.05, 0) is 136 Å². The molecule has 29 heteroatoms. The van der Waals surface area contributed by atoms with Crippen molar-refractivity contribution >= 4 is 103 Å². The Kier molecular flexibility index (Phi) is 31.9. The molecule has 0 unspecified atom stereocenters. The highest BCUT2D eigenvalue weighted by Gasteiger charge is 2.24. The van der Waals surface area contributed by atoms with E-state index in [0.29, 0.717) is 77.5 Å². The fourth-order valence-corrected chi connectivity index (χ4v) is 9.61. The van der Waals surface area contributed by atoms with Gasteiger partial charge in [0.05, 0.1) is 80.7 Å². The minimum absolute atomic E-state index is 0. The molecule has 4 aromatic heterocycles. The summed E-state index contributed by atoms with van der Waals surface area (Å²) in [6, 6.07) is 35.5. The Balaban J connectivity index is 0.000000328. The van der Waals surface area contributed by atoms with Gasteiger partial charge >= 0.3 is 24.1 Å². The van der Waals surface area contributed by atoms with Crippen molar-refractivity contribution in [2.75, 3.05) is 66.2 Å². The second-order valence-corrected chi connectivity index (χ2v) is 23.4. The molecule has 0 fully saturated rings. The molecular formula is C69H88N14O14S. The second-order valence-electron chi connectivity index (χ2n) is 22.0. The number of hydrogen-bond acceptors (Lipinski definition) is 20. The van der Waals surface area contributed by atoms with E-state index in [9.17, 15) is 37.2 Å². The molecule has 0 aliphatic carbocycles. The van der Waals surface area contributed by atoms with Gasteiger partial charge in [0.1, 0.15) is 35.0 Å². The maximum Gasteiger partial charge on any atom is 0.412 e. The van der Waals surface area contributed by atoms with Gasteiger partial charge in [-0.15, -0.1) is 0 Å². The molecule has 9 N–H and O–H groups in total. The molecule has 98 heavy (non-hydrogen) atoms. The first-order valence-corrected chi connectivity index (χ1v) is 33.8. The molecule has 4 amide bonds. The van der Waals surface area contributed by atoms with Crippen LogP contribution < -0.4 is 31.1 Å². The Labute approximate surface area is 569 Å². The number of nitrogens with one attached hydrogen (secondary N) is 6. The van der Waals surface area contributed by atoms with Crippen LogP contribution in [-0.2, 0) is 65.8 Å². The van der Waals surface area contributed by atoms with Crippen molar-refractivity contribution in [1.29, 1.82) is 10.8 Å². The fraction of sp³-hybridized carbons (Fsp3) is 0.362. The zero-order chi connectivity index (χ0) is 70.3. The highest BCUT2D eigenvalue weighted by Crippen LogP contribution is 2.24. The number of aryl methyl sites for hydroxylation is 2. The van der Waals surface area contributed by atoms with Gasteiger partial charge in [0.25, 0.3) is 21.9 Å². The normalized spacial score (nSPS) is 10.7. The van der Waals surface area contributed by atoms with E-state index in [1.807, 2.05) is 59.6 Å². The average Bonchev–Trinajstić information content (AvgIpc) is 1.66. The van der Waals surface area contributed by atoms with E-state index in [0.717, 1.165) is 85.4 Å². The number of nitrogens with zero attached hydrogens (tertiary/aromatic N) is 8. The van der Waals surface area contributed by atoms with Crippen LogP contribution in [0, 0.1) is 10.8 Å². The van der Waals surface area contributed by atoms with Crippen LogP contribution in [0.3, 0.4) is 0 Å². The Morgan fingerprint density at radius 2 is 0.888 bits per heavy atom. The predicted molar refractivity (Wildman–Crippen MR) is 375 cm³/mol. The van der Waals surface area contributed by atoms with Crippen LogP contribution in [-0.4, -0.2) is 141 Å². The maximum atomic E-state index is 13.6. The van der Waals surface area contributed by atoms with E-state index in [1.54, 1.807) is 111 Å². The topological polar surface area (TPSA) is 389 Å². The smallest absolute Gasteiger partial charge is 0.412 e. The van der Waals surface area contributed by atoms with Crippen molar-refractivity contribution < 1.29 is 66.2 Å². The summed E-state index contributed by atoms with van der Waals surface area (Å²) in [7, 11) is 0.152. The number of unbranched alkanes of at least 4 members (excludes halogenated alkanes) is 6. The van der Waals surface area contributed by atoms with E-state index in [4.69, 9.17) is 44.3 Å². The number of carbonyl (C=O) groups excluding carboxylic acids is 6. The summed E-state index contributed by atoms with van der Waals surface area (Å²) in [6.45, 7) is 10.0. The second kappa shape index (κ2) is 40.0. The predicted octanol–water partition coefficient (Wildman–Crippen LogP) is 10.3. The Morgan fingerprint density at radius 3 is 1.22 bits per heavy atom. The number of alkyl carbamates (subject to hydrolysis) is 2. The lowest BCUT2D eigenvalue weighted by Crippen LogP contribution is -2.34. The Morgan fingerprint density at radius 1 is 0.520 bits per heavy atom. The van der Waals surface area contributed by atoms with Crippen molar-refractivity contribution in [2.45, 2.75) is 105 Å². The standard InChI is InChI=1S/2C34H41N7O5.CH4O3S.H2O/c2*1-4-6-7-10-21-46-34(44)39-32(35)24-12-15-26(16-13-24)37-23-30-38-27-22-25(14-17-28(27)40(30)3)33(43)41(20-18-31(42)45-5-2)29-11-8-9-19-36-29;1-5(2,3)4;/h2*8-9,11-17,19,22,37H,4-7,10,18,20-21,23H2,1-3H3,(H2,35,39,44);1H3,(H,2,3,4);1H2. The summed E-state index contributed by atoms with van der Waals surface area (Å²) in [6.07, 6.45) is 10.8. The van der Waals surface area contributed by atoms with Crippen LogP contribution >= 0.6 is 0 Å². The summed E-state index contributed by atoms with van der Waals surface area (Å²) in [5, 5.41) is 28.0. The third kappa shape index (κ3) is 25.2. The van der Waals surface area contributed by atoms with Gasteiger partial charge in [0.15, 0.2) is 0 Å². The number of carbonyl (C=O) groups is 6. The van der Waals surface area contributed by atoms with E-state index in [2.05, 4.69) is 45.1 Å². The number of benzene rings is 4. The number of amides is 4.